The molecule has 0 spiro atoms. The summed E-state index contributed by atoms with van der Waals surface area (Å²) in [6.45, 7) is 9.64. The van der Waals surface area contributed by atoms with Gasteiger partial charge in [-0.25, -0.2) is 0 Å². The number of aryl methyl sites for hydroxylation is 1. The highest BCUT2D eigenvalue weighted by Gasteiger charge is 2.40. The number of hydrogen-bond acceptors (Lipinski definition) is 6. The third-order valence-corrected chi connectivity index (χ3v) is 12.4. The number of ketones is 2. The fourth-order valence-corrected chi connectivity index (χ4v) is 8.59. The highest BCUT2D eigenvalue weighted by atomic mass is 16.5. The van der Waals surface area contributed by atoms with Crippen LogP contribution in [0.25, 0.3) is 0 Å². The molecule has 6 rings (SSSR count). The summed E-state index contributed by atoms with van der Waals surface area (Å²) >= 11 is 0. The Morgan fingerprint density at radius 2 is 1.11 bits per heavy atom. The summed E-state index contributed by atoms with van der Waals surface area (Å²) in [5, 5.41) is 0. The first-order valence-electron chi connectivity index (χ1n) is 20.6. The van der Waals surface area contributed by atoms with Crippen LogP contribution in [0.5, 0.6) is 0 Å². The second-order valence-corrected chi connectivity index (χ2v) is 16.1. The molecule has 0 aromatic heterocycles. The summed E-state index contributed by atoms with van der Waals surface area (Å²) in [5.74, 6) is 1.10. The van der Waals surface area contributed by atoms with E-state index in [1.165, 1.54) is 54.4 Å². The average molecular weight is 744 g/mol. The predicted molar refractivity (Wildman–Crippen MR) is 229 cm³/mol. The van der Waals surface area contributed by atoms with Gasteiger partial charge in [0.2, 0.25) is 0 Å². The summed E-state index contributed by atoms with van der Waals surface area (Å²) < 4.78 is 5.43. The minimum atomic E-state index is -0.546. The van der Waals surface area contributed by atoms with Gasteiger partial charge in [0.05, 0.1) is 24.3 Å². The van der Waals surface area contributed by atoms with E-state index < -0.39 is 11.1 Å². The van der Waals surface area contributed by atoms with Crippen molar-refractivity contribution in [3.63, 3.8) is 0 Å². The highest BCUT2D eigenvalue weighted by molar-refractivity contribution is 6.04. The lowest BCUT2D eigenvalue weighted by Crippen LogP contribution is -2.52. The number of likely N-dealkylation sites (N-methyl/N-ethyl adjacent to an activating group) is 2. The molecule has 2 unspecified atom stereocenters. The van der Waals surface area contributed by atoms with Gasteiger partial charge in [0.1, 0.15) is 0 Å². The van der Waals surface area contributed by atoms with E-state index in [2.05, 4.69) is 120 Å². The van der Waals surface area contributed by atoms with E-state index in [1.54, 1.807) is 0 Å². The number of benzene rings is 4. The Morgan fingerprint density at radius 3 is 1.58 bits per heavy atom. The molecule has 2 aliphatic rings. The molecule has 1 saturated heterocycles. The molecule has 6 nitrogen and oxygen atoms in total. The Balaban J connectivity index is 0.000000211. The zero-order chi connectivity index (χ0) is 39.4. The van der Waals surface area contributed by atoms with E-state index in [9.17, 15) is 9.59 Å². The minimum Gasteiger partial charge on any atom is -0.378 e. The number of carbonyl (C=O) groups is 2. The van der Waals surface area contributed by atoms with Gasteiger partial charge < -0.3 is 9.64 Å². The largest absolute Gasteiger partial charge is 0.378 e. The maximum Gasteiger partial charge on any atom is 0.183 e. The van der Waals surface area contributed by atoms with Crippen LogP contribution >= 0.6 is 0 Å². The SMILES string of the molecule is CCC(Cc1ccc(C)cc1)(C(=O)c1ccc(N2CCOCC2)cc1)N(C)C.CCC(Cc1ccccc1)(C(=O)c1ccc(C2CCCCC2)cc1)N(C)C. The van der Waals surface area contributed by atoms with Crippen LogP contribution in [0.4, 0.5) is 5.69 Å². The van der Waals surface area contributed by atoms with E-state index in [0.29, 0.717) is 12.3 Å². The molecule has 4 aromatic carbocycles. The van der Waals surface area contributed by atoms with Gasteiger partial charge in [-0.05, 0) is 121 Å². The van der Waals surface area contributed by atoms with Gasteiger partial charge in [-0.3, -0.25) is 19.4 Å². The monoisotopic (exact) mass is 744 g/mol. The second kappa shape index (κ2) is 19.7. The highest BCUT2D eigenvalue weighted by Crippen LogP contribution is 2.34. The van der Waals surface area contributed by atoms with Crippen molar-refractivity contribution in [1.29, 1.82) is 0 Å². The predicted octanol–water partition coefficient (Wildman–Crippen LogP) is 9.84. The fraction of sp³-hybridized carbons (Fsp3) is 0.469. The molecular formula is C49H65N3O3. The van der Waals surface area contributed by atoms with Gasteiger partial charge in [0.15, 0.2) is 11.6 Å². The Kier molecular flexibility index (Phi) is 15.0. The van der Waals surface area contributed by atoms with Crippen LogP contribution in [0.3, 0.4) is 0 Å². The lowest BCUT2D eigenvalue weighted by Gasteiger charge is -2.38. The smallest absolute Gasteiger partial charge is 0.183 e. The molecule has 2 fully saturated rings. The summed E-state index contributed by atoms with van der Waals surface area (Å²) in [6, 6.07) is 35.5. The molecule has 1 aliphatic carbocycles. The van der Waals surface area contributed by atoms with E-state index in [0.717, 1.165) is 62.4 Å². The quantitative estimate of drug-likeness (QED) is 0.120. The molecule has 1 aliphatic heterocycles. The molecule has 6 heteroatoms. The molecule has 0 N–H and O–H groups in total. The number of anilines is 1. The minimum absolute atomic E-state index is 0.189. The number of hydrogen-bond donors (Lipinski definition) is 0. The average Bonchev–Trinajstić information content (AvgIpc) is 3.23. The van der Waals surface area contributed by atoms with Crippen molar-refractivity contribution in [1.82, 2.24) is 9.80 Å². The molecule has 1 saturated carbocycles. The van der Waals surface area contributed by atoms with Crippen molar-refractivity contribution < 1.29 is 14.3 Å². The van der Waals surface area contributed by atoms with E-state index in [-0.39, 0.29) is 11.6 Å². The first-order valence-corrected chi connectivity index (χ1v) is 20.6. The molecule has 55 heavy (non-hydrogen) atoms. The lowest BCUT2D eigenvalue weighted by molar-refractivity contribution is 0.0661. The number of carbonyl (C=O) groups excluding carboxylic acids is 2. The maximum absolute atomic E-state index is 13.6. The summed E-state index contributed by atoms with van der Waals surface area (Å²) in [7, 11) is 8.08. The van der Waals surface area contributed by atoms with E-state index >= 15 is 0 Å². The summed E-state index contributed by atoms with van der Waals surface area (Å²) in [6.07, 6.45) is 9.62. The Hall–Kier alpha value is -4.10. The van der Waals surface area contributed by atoms with Gasteiger partial charge in [-0.1, -0.05) is 118 Å². The Bertz CT molecular complexity index is 1770. The zero-order valence-corrected chi connectivity index (χ0v) is 34.7. The lowest BCUT2D eigenvalue weighted by atomic mass is 9.79. The summed E-state index contributed by atoms with van der Waals surface area (Å²) in [4.78, 5) is 33.7. The van der Waals surface area contributed by atoms with Crippen LogP contribution in [0.1, 0.15) is 108 Å². The van der Waals surface area contributed by atoms with Gasteiger partial charge in [-0.15, -0.1) is 0 Å². The Labute approximate surface area is 331 Å². The van der Waals surface area contributed by atoms with Gasteiger partial charge in [0.25, 0.3) is 0 Å². The molecular weight excluding hydrogens is 679 g/mol. The standard InChI is InChI=1S/C25H33NO.C24H32N2O2/c1-4-25(26(2)3,19-20-11-7-5-8-12-20)24(27)23-17-15-22(16-18-23)21-13-9-6-10-14-21;1-5-24(25(3)4,18-20-8-6-19(2)7-9-20)23(27)21-10-12-22(13-11-21)26-14-16-28-17-15-26/h5,7-8,11-12,15-18,21H,4,6,9-10,13-14,19H2,1-3H3;6-13H,5,14-18H2,1-4H3. The molecule has 0 amide bonds. The van der Waals surface area contributed by atoms with Gasteiger partial charge in [-0.2, -0.15) is 0 Å². The third kappa shape index (κ3) is 10.2. The van der Waals surface area contributed by atoms with Crippen molar-refractivity contribution in [2.45, 2.75) is 95.6 Å². The first-order chi connectivity index (χ1) is 26.5. The van der Waals surface area contributed by atoms with Crippen molar-refractivity contribution >= 4 is 17.3 Å². The molecule has 2 atom stereocenters. The first kappa shape index (κ1) is 42.1. The number of morpholine rings is 1. The third-order valence-electron chi connectivity index (χ3n) is 12.4. The van der Waals surface area contributed by atoms with Gasteiger partial charge >= 0.3 is 0 Å². The van der Waals surface area contributed by atoms with E-state index in [1.807, 2.05) is 46.4 Å². The molecule has 294 valence electrons. The van der Waals surface area contributed by atoms with Crippen molar-refractivity contribution in [2.75, 3.05) is 59.4 Å². The second-order valence-electron chi connectivity index (χ2n) is 16.1. The number of nitrogens with zero attached hydrogens (tertiary/aromatic N) is 3. The molecule has 4 aromatic rings. The van der Waals surface area contributed by atoms with Crippen molar-refractivity contribution in [2.24, 2.45) is 0 Å². The molecule has 0 radical (unpaired) electrons. The number of ether oxygens (including phenoxy) is 1. The van der Waals surface area contributed by atoms with Crippen molar-refractivity contribution in [3.8, 4) is 0 Å². The zero-order valence-electron chi connectivity index (χ0n) is 34.7. The van der Waals surface area contributed by atoms with Crippen LogP contribution in [-0.2, 0) is 17.6 Å². The van der Waals surface area contributed by atoms with E-state index in [4.69, 9.17) is 4.74 Å². The number of Topliss-reactive ketones (excluding diaryl/α,β-unsaturated/α-hetero) is 2. The van der Waals surface area contributed by atoms with Crippen LogP contribution in [-0.4, -0.2) is 86.9 Å². The maximum atomic E-state index is 13.6. The van der Waals surface area contributed by atoms with Crippen LogP contribution in [0.15, 0.2) is 103 Å². The topological polar surface area (TPSA) is 53.1 Å². The summed E-state index contributed by atoms with van der Waals surface area (Å²) in [5.41, 5.74) is 6.76. The normalized spacial score (nSPS) is 17.2. The fourth-order valence-electron chi connectivity index (χ4n) is 8.59. The van der Waals surface area contributed by atoms with Crippen LogP contribution in [0.2, 0.25) is 0 Å². The van der Waals surface area contributed by atoms with Crippen LogP contribution < -0.4 is 4.90 Å². The molecule has 0 bridgehead atoms. The van der Waals surface area contributed by atoms with Gasteiger partial charge in [0, 0.05) is 29.9 Å². The molecule has 1 heterocycles. The number of rotatable bonds is 14. The van der Waals surface area contributed by atoms with Crippen LogP contribution in [0, 0.1) is 6.92 Å². The van der Waals surface area contributed by atoms with Crippen molar-refractivity contribution in [3.05, 3.63) is 137 Å². The Morgan fingerprint density at radius 1 is 0.636 bits per heavy atom.